The number of hydrogen-bond acceptors (Lipinski definition) is 3. The Morgan fingerprint density at radius 1 is 1.19 bits per heavy atom. The topological polar surface area (TPSA) is 50.5 Å². The lowest BCUT2D eigenvalue weighted by Gasteiger charge is -2.15. The van der Waals surface area contributed by atoms with Gasteiger partial charge in [-0.05, 0) is 24.6 Å². The molecule has 5 heteroatoms. The summed E-state index contributed by atoms with van der Waals surface area (Å²) >= 11 is 0. The van der Waals surface area contributed by atoms with Crippen LogP contribution in [0.4, 0.5) is 0 Å². The fraction of sp³-hybridized carbons (Fsp3) is 0.188. The molecule has 0 atom stereocenters. The molecule has 0 bridgehead atoms. The van der Waals surface area contributed by atoms with Gasteiger partial charge in [-0.2, -0.15) is 0 Å². The van der Waals surface area contributed by atoms with E-state index in [1.165, 1.54) is 0 Å². The Morgan fingerprint density at radius 2 is 2.10 bits per heavy atom. The van der Waals surface area contributed by atoms with Crippen LogP contribution in [0.1, 0.15) is 27.3 Å². The van der Waals surface area contributed by atoms with Gasteiger partial charge in [-0.15, -0.1) is 0 Å². The van der Waals surface area contributed by atoms with Gasteiger partial charge in [-0.1, -0.05) is 12.1 Å². The van der Waals surface area contributed by atoms with Crippen molar-refractivity contribution in [3.63, 3.8) is 0 Å². The normalized spacial score (nSPS) is 14.0. The molecule has 0 aliphatic carbocycles. The Kier molecular flexibility index (Phi) is 2.54. The maximum atomic E-state index is 12.6. The predicted molar refractivity (Wildman–Crippen MR) is 77.7 cm³/mol. The SMILES string of the molecule is Cc1ccc(CN2Cc3ccc4nccn4c3C2=O)cn1. The van der Waals surface area contributed by atoms with Crippen molar-refractivity contribution in [3.8, 4) is 0 Å². The zero-order valence-electron chi connectivity index (χ0n) is 11.7. The van der Waals surface area contributed by atoms with Crippen molar-refractivity contribution < 1.29 is 4.79 Å². The number of imidazole rings is 1. The highest BCUT2D eigenvalue weighted by atomic mass is 16.2. The number of carbonyl (C=O) groups excluding carboxylic acids is 1. The van der Waals surface area contributed by atoms with Gasteiger partial charge in [0, 0.05) is 42.9 Å². The van der Waals surface area contributed by atoms with E-state index in [-0.39, 0.29) is 5.91 Å². The van der Waals surface area contributed by atoms with Gasteiger partial charge in [-0.3, -0.25) is 14.2 Å². The summed E-state index contributed by atoms with van der Waals surface area (Å²) in [6.45, 7) is 3.17. The molecule has 0 aromatic carbocycles. The third-order valence-corrected chi connectivity index (χ3v) is 3.85. The predicted octanol–water partition coefficient (Wildman–Crippen LogP) is 2.19. The molecule has 4 rings (SSSR count). The number of nitrogens with zero attached hydrogens (tertiary/aromatic N) is 4. The van der Waals surface area contributed by atoms with Crippen LogP contribution < -0.4 is 0 Å². The molecule has 3 aromatic heterocycles. The highest BCUT2D eigenvalue weighted by Gasteiger charge is 2.29. The number of aromatic nitrogens is 3. The molecule has 5 nitrogen and oxygen atoms in total. The number of rotatable bonds is 2. The lowest BCUT2D eigenvalue weighted by Crippen LogP contribution is -2.24. The minimum absolute atomic E-state index is 0.0502. The largest absolute Gasteiger partial charge is 0.329 e. The van der Waals surface area contributed by atoms with Gasteiger partial charge < -0.3 is 4.90 Å². The Morgan fingerprint density at radius 3 is 2.90 bits per heavy atom. The average Bonchev–Trinajstić information content (AvgIpc) is 3.06. The fourth-order valence-electron chi connectivity index (χ4n) is 2.77. The van der Waals surface area contributed by atoms with Crippen LogP contribution in [-0.2, 0) is 13.1 Å². The Balaban J connectivity index is 1.68. The van der Waals surface area contributed by atoms with Crippen LogP contribution in [0.2, 0.25) is 0 Å². The lowest BCUT2D eigenvalue weighted by atomic mass is 10.2. The molecule has 1 aliphatic heterocycles. The van der Waals surface area contributed by atoms with Crippen molar-refractivity contribution in [2.24, 2.45) is 0 Å². The van der Waals surface area contributed by atoms with Crippen molar-refractivity contribution in [1.82, 2.24) is 19.3 Å². The van der Waals surface area contributed by atoms with E-state index >= 15 is 0 Å². The van der Waals surface area contributed by atoms with Crippen molar-refractivity contribution in [3.05, 3.63) is 65.4 Å². The van der Waals surface area contributed by atoms with E-state index in [4.69, 9.17) is 0 Å². The number of amides is 1. The maximum absolute atomic E-state index is 12.6. The molecule has 0 fully saturated rings. The van der Waals surface area contributed by atoms with E-state index in [1.807, 2.05) is 52.9 Å². The Labute approximate surface area is 121 Å². The summed E-state index contributed by atoms with van der Waals surface area (Å²) in [6.07, 6.45) is 5.39. The summed E-state index contributed by atoms with van der Waals surface area (Å²) in [5.41, 5.74) is 4.61. The van der Waals surface area contributed by atoms with Crippen LogP contribution in [0.25, 0.3) is 5.65 Å². The molecule has 1 aliphatic rings. The van der Waals surface area contributed by atoms with Gasteiger partial charge >= 0.3 is 0 Å². The second-order valence-corrected chi connectivity index (χ2v) is 5.33. The first-order valence-electron chi connectivity index (χ1n) is 6.88. The van der Waals surface area contributed by atoms with Gasteiger partial charge in [0.2, 0.25) is 0 Å². The summed E-state index contributed by atoms with van der Waals surface area (Å²) in [4.78, 5) is 23.0. The zero-order chi connectivity index (χ0) is 14.4. The van der Waals surface area contributed by atoms with E-state index in [0.717, 1.165) is 28.2 Å². The number of pyridine rings is 2. The summed E-state index contributed by atoms with van der Waals surface area (Å²) in [7, 11) is 0. The molecule has 21 heavy (non-hydrogen) atoms. The minimum Gasteiger partial charge on any atom is -0.329 e. The van der Waals surface area contributed by atoms with Gasteiger partial charge in [0.05, 0.1) is 0 Å². The molecule has 104 valence electrons. The first-order valence-corrected chi connectivity index (χ1v) is 6.88. The standard InChI is InChI=1S/C16H14N4O/c1-11-2-3-12(8-18-11)9-19-10-13-4-5-14-17-6-7-20(14)15(13)16(19)21/h2-8H,9-10H2,1H3. The highest BCUT2D eigenvalue weighted by Crippen LogP contribution is 2.25. The smallest absolute Gasteiger partial charge is 0.271 e. The van der Waals surface area contributed by atoms with E-state index in [0.29, 0.717) is 13.1 Å². The van der Waals surface area contributed by atoms with Crippen LogP contribution >= 0.6 is 0 Å². The summed E-state index contributed by atoms with van der Waals surface area (Å²) in [5.74, 6) is 0.0502. The lowest BCUT2D eigenvalue weighted by molar-refractivity contribution is 0.0761. The third kappa shape index (κ3) is 1.89. The monoisotopic (exact) mass is 278 g/mol. The summed E-state index contributed by atoms with van der Waals surface area (Å²) in [5, 5.41) is 0. The molecule has 1 amide bonds. The molecule has 0 radical (unpaired) electrons. The molecule has 0 spiro atoms. The van der Waals surface area contributed by atoms with Gasteiger partial charge in [-0.25, -0.2) is 4.98 Å². The van der Waals surface area contributed by atoms with Crippen LogP contribution in [0.3, 0.4) is 0 Å². The molecule has 0 saturated heterocycles. The number of hydrogen-bond donors (Lipinski definition) is 0. The first-order chi connectivity index (χ1) is 10.2. The molecule has 0 unspecified atom stereocenters. The van der Waals surface area contributed by atoms with Gasteiger partial charge in [0.25, 0.3) is 5.91 Å². The summed E-state index contributed by atoms with van der Waals surface area (Å²) < 4.78 is 1.87. The Hall–Kier alpha value is -2.69. The van der Waals surface area contributed by atoms with Crippen LogP contribution in [0.15, 0.2) is 42.9 Å². The molecule has 0 N–H and O–H groups in total. The number of fused-ring (bicyclic) bond motifs is 3. The number of carbonyl (C=O) groups is 1. The van der Waals surface area contributed by atoms with Crippen LogP contribution in [0.5, 0.6) is 0 Å². The minimum atomic E-state index is 0.0502. The Bertz CT molecular complexity index is 835. The van der Waals surface area contributed by atoms with E-state index in [9.17, 15) is 4.79 Å². The molecular weight excluding hydrogens is 264 g/mol. The summed E-state index contributed by atoms with van der Waals surface area (Å²) in [6, 6.07) is 7.93. The molecule has 3 aromatic rings. The van der Waals surface area contributed by atoms with E-state index in [1.54, 1.807) is 6.20 Å². The van der Waals surface area contributed by atoms with E-state index < -0.39 is 0 Å². The zero-order valence-corrected chi connectivity index (χ0v) is 11.7. The maximum Gasteiger partial charge on any atom is 0.271 e. The van der Waals surface area contributed by atoms with Gasteiger partial charge in [0.1, 0.15) is 11.3 Å². The van der Waals surface area contributed by atoms with Crippen molar-refractivity contribution in [2.75, 3.05) is 0 Å². The highest BCUT2D eigenvalue weighted by molar-refractivity contribution is 5.97. The second-order valence-electron chi connectivity index (χ2n) is 5.33. The molecular formula is C16H14N4O. The molecule has 4 heterocycles. The first kappa shape index (κ1) is 12.1. The van der Waals surface area contributed by atoms with Crippen LogP contribution in [0, 0.1) is 6.92 Å². The number of aryl methyl sites for hydroxylation is 1. The molecule has 0 saturated carbocycles. The van der Waals surface area contributed by atoms with Crippen molar-refractivity contribution in [2.45, 2.75) is 20.0 Å². The van der Waals surface area contributed by atoms with Gasteiger partial charge in [0.15, 0.2) is 0 Å². The van der Waals surface area contributed by atoms with Crippen molar-refractivity contribution in [1.29, 1.82) is 0 Å². The quantitative estimate of drug-likeness (QED) is 0.722. The fourth-order valence-corrected chi connectivity index (χ4v) is 2.77. The second kappa shape index (κ2) is 4.41. The average molecular weight is 278 g/mol. The third-order valence-electron chi connectivity index (χ3n) is 3.85. The van der Waals surface area contributed by atoms with Crippen LogP contribution in [-0.4, -0.2) is 25.2 Å². The van der Waals surface area contributed by atoms with Crippen molar-refractivity contribution >= 4 is 11.6 Å². The van der Waals surface area contributed by atoms with E-state index in [2.05, 4.69) is 9.97 Å².